The summed E-state index contributed by atoms with van der Waals surface area (Å²) in [6.45, 7) is 7.50. The lowest BCUT2D eigenvalue weighted by Crippen LogP contribution is -2.19. The first-order valence-electron chi connectivity index (χ1n) is 8.44. The molecule has 8 nitrogen and oxygen atoms in total. The van der Waals surface area contributed by atoms with Gasteiger partial charge in [-0.2, -0.15) is 5.10 Å². The fourth-order valence-electron chi connectivity index (χ4n) is 2.19. The zero-order valence-corrected chi connectivity index (χ0v) is 17.3. The molecule has 0 saturated heterocycles. The minimum Gasteiger partial charge on any atom is -0.490 e. The van der Waals surface area contributed by atoms with Crippen molar-refractivity contribution < 1.29 is 19.0 Å². The topological polar surface area (TPSA) is 101 Å². The van der Waals surface area contributed by atoms with Crippen LogP contribution in [0.5, 0.6) is 11.5 Å². The molecule has 27 heavy (non-hydrogen) atoms. The van der Waals surface area contributed by atoms with Gasteiger partial charge in [-0.3, -0.25) is 0 Å². The smallest absolute Gasteiger partial charge is 0.344 e. The number of anilines is 1. The van der Waals surface area contributed by atoms with Crippen molar-refractivity contribution in [1.29, 1.82) is 0 Å². The Hall–Kier alpha value is -2.55. The molecule has 0 spiro atoms. The van der Waals surface area contributed by atoms with Gasteiger partial charge in [0, 0.05) is 10.0 Å². The molecule has 2 N–H and O–H groups in total. The summed E-state index contributed by atoms with van der Waals surface area (Å²) in [5, 5.41) is 4.30. The average Bonchev–Trinajstić information content (AvgIpc) is 2.90. The van der Waals surface area contributed by atoms with Gasteiger partial charge in [-0.05, 0) is 55.8 Å². The first-order chi connectivity index (χ1) is 12.8. The summed E-state index contributed by atoms with van der Waals surface area (Å²) < 4.78 is 18.5. The summed E-state index contributed by atoms with van der Waals surface area (Å²) in [6, 6.07) is 3.48. The highest BCUT2D eigenvalue weighted by Gasteiger charge is 2.13. The molecule has 9 heteroatoms. The maximum Gasteiger partial charge on any atom is 0.344 e. The van der Waals surface area contributed by atoms with Crippen LogP contribution in [0.2, 0.25) is 0 Å². The van der Waals surface area contributed by atoms with Crippen molar-refractivity contribution in [2.24, 2.45) is 5.10 Å². The van der Waals surface area contributed by atoms with Gasteiger partial charge in [-0.25, -0.2) is 14.5 Å². The largest absolute Gasteiger partial charge is 0.490 e. The van der Waals surface area contributed by atoms with E-state index < -0.39 is 5.97 Å². The molecule has 2 aromatic rings. The molecule has 0 aliphatic heterocycles. The van der Waals surface area contributed by atoms with Gasteiger partial charge in [0.05, 0.1) is 30.8 Å². The monoisotopic (exact) mass is 438 g/mol. The number of aromatic nitrogens is 2. The molecule has 0 unspecified atom stereocenters. The molecule has 0 amide bonds. The lowest BCUT2D eigenvalue weighted by atomic mass is 10.2. The van der Waals surface area contributed by atoms with Crippen molar-refractivity contribution in [3.63, 3.8) is 0 Å². The van der Waals surface area contributed by atoms with E-state index in [9.17, 15) is 4.79 Å². The van der Waals surface area contributed by atoms with Crippen LogP contribution in [0.1, 0.15) is 32.0 Å². The number of esters is 1. The van der Waals surface area contributed by atoms with E-state index in [1.165, 1.54) is 4.68 Å². The van der Waals surface area contributed by atoms with Crippen molar-refractivity contribution in [3.05, 3.63) is 34.1 Å². The molecule has 1 aromatic heterocycles. The normalized spacial score (nSPS) is 11.2. The fourth-order valence-corrected chi connectivity index (χ4v) is 2.61. The van der Waals surface area contributed by atoms with E-state index in [0.29, 0.717) is 24.1 Å². The van der Waals surface area contributed by atoms with Crippen molar-refractivity contribution in [1.82, 2.24) is 9.66 Å². The van der Waals surface area contributed by atoms with E-state index in [-0.39, 0.29) is 12.7 Å². The number of ether oxygens (including phenoxy) is 3. The number of benzene rings is 1. The lowest BCUT2D eigenvalue weighted by Gasteiger charge is -2.14. The molecule has 0 saturated carbocycles. The number of aryl methyl sites for hydroxylation is 1. The lowest BCUT2D eigenvalue weighted by molar-refractivity contribution is -0.149. The summed E-state index contributed by atoms with van der Waals surface area (Å²) in [5.41, 5.74) is 7.31. The summed E-state index contributed by atoms with van der Waals surface area (Å²) >= 11 is 3.48. The summed E-state index contributed by atoms with van der Waals surface area (Å²) in [4.78, 5) is 15.8. The number of carbonyl (C=O) groups is 1. The molecular weight excluding hydrogens is 416 g/mol. The second-order valence-electron chi connectivity index (χ2n) is 5.91. The minimum atomic E-state index is -0.444. The number of carbonyl (C=O) groups excluding carboxylic acids is 1. The van der Waals surface area contributed by atoms with Crippen LogP contribution in [0.3, 0.4) is 0 Å². The van der Waals surface area contributed by atoms with Crippen molar-refractivity contribution in [2.75, 3.05) is 18.9 Å². The summed E-state index contributed by atoms with van der Waals surface area (Å²) in [6.07, 6.45) is 3.15. The number of nitrogen functional groups attached to an aromatic ring is 1. The second-order valence-corrected chi connectivity index (χ2v) is 6.76. The van der Waals surface area contributed by atoms with Gasteiger partial charge in [0.2, 0.25) is 5.95 Å². The number of hydrogen-bond acceptors (Lipinski definition) is 7. The Bertz CT molecular complexity index is 833. The number of nitrogens with two attached hydrogens (primary N) is 1. The predicted molar refractivity (Wildman–Crippen MR) is 106 cm³/mol. The maximum absolute atomic E-state index is 11.7. The molecule has 0 aliphatic carbocycles. The minimum absolute atomic E-state index is 0.197. The zero-order chi connectivity index (χ0) is 20.0. The molecule has 2 rings (SSSR count). The van der Waals surface area contributed by atoms with Gasteiger partial charge in [-0.15, -0.1) is 0 Å². The summed E-state index contributed by atoms with van der Waals surface area (Å²) in [5.74, 6) is 0.780. The van der Waals surface area contributed by atoms with E-state index in [0.717, 1.165) is 15.7 Å². The number of halogens is 1. The average molecular weight is 439 g/mol. The highest BCUT2D eigenvalue weighted by Crippen LogP contribution is 2.33. The van der Waals surface area contributed by atoms with Gasteiger partial charge >= 0.3 is 5.97 Å². The Balaban J connectivity index is 2.21. The standard InChI is InChI=1S/C18H23BrN4O4/c1-5-25-15-6-13(8-21-23-9-12(4)22-18(23)20)14(19)7-16(15)26-10-17(24)27-11(2)3/h6-9,11H,5,10H2,1-4H3,(H2,20,22). The fraction of sp³-hybridized carbons (Fsp3) is 0.389. The predicted octanol–water partition coefficient (Wildman–Crippen LogP) is 3.15. The van der Waals surface area contributed by atoms with Crippen LogP contribution in [0.15, 0.2) is 27.9 Å². The molecule has 1 heterocycles. The maximum atomic E-state index is 11.7. The third kappa shape index (κ3) is 5.99. The zero-order valence-electron chi connectivity index (χ0n) is 15.7. The number of hydrogen-bond donors (Lipinski definition) is 1. The molecule has 1 aromatic carbocycles. The molecule has 0 fully saturated rings. The Morgan fingerprint density at radius 3 is 2.67 bits per heavy atom. The van der Waals surface area contributed by atoms with Crippen molar-refractivity contribution in [3.8, 4) is 11.5 Å². The van der Waals surface area contributed by atoms with Gasteiger partial charge in [0.15, 0.2) is 18.1 Å². The second kappa shape index (κ2) is 9.40. The van der Waals surface area contributed by atoms with Crippen LogP contribution in [0.25, 0.3) is 0 Å². The van der Waals surface area contributed by atoms with Crippen molar-refractivity contribution in [2.45, 2.75) is 33.8 Å². The molecule has 0 bridgehead atoms. The quantitative estimate of drug-likeness (QED) is 0.501. The van der Waals surface area contributed by atoms with Crippen LogP contribution in [-0.2, 0) is 9.53 Å². The Morgan fingerprint density at radius 1 is 1.37 bits per heavy atom. The van der Waals surface area contributed by atoms with Gasteiger partial charge < -0.3 is 19.9 Å². The number of nitrogens with zero attached hydrogens (tertiary/aromatic N) is 3. The SMILES string of the molecule is CCOc1cc(C=Nn2cc(C)nc2N)c(Br)cc1OCC(=O)OC(C)C. The van der Waals surface area contributed by atoms with Crippen LogP contribution in [-0.4, -0.2) is 41.2 Å². The van der Waals surface area contributed by atoms with Crippen LogP contribution in [0, 0.1) is 6.92 Å². The molecule has 0 aliphatic rings. The van der Waals surface area contributed by atoms with Crippen LogP contribution < -0.4 is 15.2 Å². The highest BCUT2D eigenvalue weighted by atomic mass is 79.9. The first kappa shape index (κ1) is 20.8. The van der Waals surface area contributed by atoms with E-state index in [4.69, 9.17) is 19.9 Å². The molecule has 0 radical (unpaired) electrons. The van der Waals surface area contributed by atoms with E-state index >= 15 is 0 Å². The third-order valence-electron chi connectivity index (χ3n) is 3.23. The summed E-state index contributed by atoms with van der Waals surface area (Å²) in [7, 11) is 0. The number of rotatable bonds is 8. The first-order valence-corrected chi connectivity index (χ1v) is 9.23. The van der Waals surface area contributed by atoms with Gasteiger partial charge in [0.1, 0.15) is 0 Å². The Labute approximate surface area is 166 Å². The van der Waals surface area contributed by atoms with Gasteiger partial charge in [-0.1, -0.05) is 0 Å². The molecular formula is C18H23BrN4O4. The van der Waals surface area contributed by atoms with Crippen LogP contribution >= 0.6 is 15.9 Å². The third-order valence-corrected chi connectivity index (χ3v) is 3.92. The Morgan fingerprint density at radius 2 is 2.07 bits per heavy atom. The van der Waals surface area contributed by atoms with Gasteiger partial charge in [0.25, 0.3) is 0 Å². The molecule has 0 atom stereocenters. The van der Waals surface area contributed by atoms with Crippen molar-refractivity contribution >= 4 is 34.1 Å². The molecule has 146 valence electrons. The van der Waals surface area contributed by atoms with E-state index in [2.05, 4.69) is 26.0 Å². The Kier molecular flexibility index (Phi) is 7.23. The highest BCUT2D eigenvalue weighted by molar-refractivity contribution is 9.10. The van der Waals surface area contributed by atoms with Crippen LogP contribution in [0.4, 0.5) is 5.95 Å². The van der Waals surface area contributed by atoms with E-state index in [1.54, 1.807) is 38.4 Å². The van der Waals surface area contributed by atoms with E-state index in [1.807, 2.05) is 13.8 Å². The number of imidazole rings is 1.